The number of rotatable bonds is 5. The van der Waals surface area contributed by atoms with Crippen molar-refractivity contribution >= 4 is 0 Å². The predicted molar refractivity (Wildman–Crippen MR) is 56.6 cm³/mol. The second-order valence-electron chi connectivity index (χ2n) is 3.48. The van der Waals surface area contributed by atoms with Gasteiger partial charge < -0.3 is 0 Å². The van der Waals surface area contributed by atoms with Gasteiger partial charge in [0.25, 0.3) is 0 Å². The molecule has 0 saturated heterocycles. The summed E-state index contributed by atoms with van der Waals surface area (Å²) in [6.07, 6.45) is -3.26. The van der Waals surface area contributed by atoms with Crippen LogP contribution in [-0.4, -0.2) is 6.54 Å². The molecule has 0 fully saturated rings. The minimum Gasteiger partial charge on any atom is -0.258 e. The van der Waals surface area contributed by atoms with Crippen LogP contribution in [0, 0.1) is 0 Å². The van der Waals surface area contributed by atoms with Gasteiger partial charge in [-0.25, -0.2) is 0 Å². The van der Waals surface area contributed by atoms with Crippen molar-refractivity contribution < 1.29 is 13.2 Å². The SMILES string of the molecule is CCCNNCc1ccc(C(F)(F)F)cc1. The van der Waals surface area contributed by atoms with Gasteiger partial charge in [-0.15, -0.1) is 0 Å². The third-order valence-electron chi connectivity index (χ3n) is 2.07. The van der Waals surface area contributed by atoms with E-state index in [1.54, 1.807) is 0 Å². The number of nitrogens with one attached hydrogen (secondary N) is 2. The highest BCUT2D eigenvalue weighted by molar-refractivity contribution is 5.24. The van der Waals surface area contributed by atoms with E-state index in [9.17, 15) is 13.2 Å². The minimum atomic E-state index is -4.26. The van der Waals surface area contributed by atoms with E-state index in [4.69, 9.17) is 0 Å². The third kappa shape index (κ3) is 4.20. The zero-order valence-corrected chi connectivity index (χ0v) is 9.06. The molecule has 0 unspecified atom stereocenters. The van der Waals surface area contributed by atoms with Crippen molar-refractivity contribution in [1.82, 2.24) is 10.9 Å². The quantitative estimate of drug-likeness (QED) is 0.602. The zero-order chi connectivity index (χ0) is 12.0. The van der Waals surface area contributed by atoms with Gasteiger partial charge in [0.05, 0.1) is 5.56 Å². The van der Waals surface area contributed by atoms with Crippen molar-refractivity contribution in [1.29, 1.82) is 0 Å². The van der Waals surface area contributed by atoms with Crippen LogP contribution in [0.4, 0.5) is 13.2 Å². The lowest BCUT2D eigenvalue weighted by Crippen LogP contribution is -2.31. The van der Waals surface area contributed by atoms with Crippen LogP contribution in [0.25, 0.3) is 0 Å². The second-order valence-corrected chi connectivity index (χ2v) is 3.48. The Hall–Kier alpha value is -1.07. The highest BCUT2D eigenvalue weighted by Crippen LogP contribution is 2.28. The maximum atomic E-state index is 12.2. The monoisotopic (exact) mass is 232 g/mol. The molecule has 0 aliphatic carbocycles. The summed E-state index contributed by atoms with van der Waals surface area (Å²) in [5.41, 5.74) is 6.09. The van der Waals surface area contributed by atoms with E-state index in [1.807, 2.05) is 6.92 Å². The Morgan fingerprint density at radius 2 is 1.69 bits per heavy atom. The van der Waals surface area contributed by atoms with E-state index >= 15 is 0 Å². The summed E-state index contributed by atoms with van der Waals surface area (Å²) >= 11 is 0. The number of benzene rings is 1. The van der Waals surface area contributed by atoms with Gasteiger partial charge in [-0.1, -0.05) is 19.1 Å². The van der Waals surface area contributed by atoms with Crippen LogP contribution in [0.15, 0.2) is 24.3 Å². The van der Waals surface area contributed by atoms with Crippen LogP contribution in [0.3, 0.4) is 0 Å². The molecule has 0 heterocycles. The van der Waals surface area contributed by atoms with Crippen molar-refractivity contribution in [2.24, 2.45) is 0 Å². The van der Waals surface area contributed by atoms with Gasteiger partial charge in [0.15, 0.2) is 0 Å². The van der Waals surface area contributed by atoms with Crippen LogP contribution in [0.2, 0.25) is 0 Å². The zero-order valence-electron chi connectivity index (χ0n) is 9.06. The minimum absolute atomic E-state index is 0.512. The molecule has 1 aromatic rings. The molecule has 0 saturated carbocycles. The first-order valence-corrected chi connectivity index (χ1v) is 5.16. The standard InChI is InChI=1S/C11H15F3N2/c1-2-7-15-16-8-9-3-5-10(6-4-9)11(12,13)14/h3-6,15-16H,2,7-8H2,1H3. The Morgan fingerprint density at radius 1 is 1.06 bits per heavy atom. The first-order chi connectivity index (χ1) is 7.54. The second kappa shape index (κ2) is 5.86. The molecule has 0 amide bonds. The molecule has 90 valence electrons. The van der Waals surface area contributed by atoms with Gasteiger partial charge in [0.2, 0.25) is 0 Å². The van der Waals surface area contributed by atoms with Crippen molar-refractivity contribution in [2.45, 2.75) is 26.1 Å². The third-order valence-corrected chi connectivity index (χ3v) is 2.07. The van der Waals surface area contributed by atoms with Crippen molar-refractivity contribution in [3.8, 4) is 0 Å². The Bertz CT molecular complexity index is 306. The maximum absolute atomic E-state index is 12.2. The van der Waals surface area contributed by atoms with Gasteiger partial charge in [0.1, 0.15) is 0 Å². The fourth-order valence-corrected chi connectivity index (χ4v) is 1.19. The largest absolute Gasteiger partial charge is 0.416 e. The van der Waals surface area contributed by atoms with Crippen molar-refractivity contribution in [3.05, 3.63) is 35.4 Å². The molecule has 0 atom stereocenters. The summed E-state index contributed by atoms with van der Waals surface area (Å²) in [7, 11) is 0. The summed E-state index contributed by atoms with van der Waals surface area (Å²) in [4.78, 5) is 0. The first kappa shape index (κ1) is 13.0. The van der Waals surface area contributed by atoms with Gasteiger partial charge in [-0.05, 0) is 24.1 Å². The lowest BCUT2D eigenvalue weighted by Gasteiger charge is -2.08. The lowest BCUT2D eigenvalue weighted by atomic mass is 10.1. The molecule has 1 rings (SSSR count). The number of hydrazine groups is 1. The molecular weight excluding hydrogens is 217 g/mol. The normalized spacial score (nSPS) is 11.8. The fourth-order valence-electron chi connectivity index (χ4n) is 1.19. The van der Waals surface area contributed by atoms with E-state index in [-0.39, 0.29) is 0 Å². The molecule has 0 spiro atoms. The van der Waals surface area contributed by atoms with E-state index in [0.717, 1.165) is 30.7 Å². The molecule has 2 N–H and O–H groups in total. The highest BCUT2D eigenvalue weighted by Gasteiger charge is 2.29. The number of halogens is 3. The summed E-state index contributed by atoms with van der Waals surface area (Å²) in [5.74, 6) is 0. The molecular formula is C11H15F3N2. The van der Waals surface area contributed by atoms with Crippen LogP contribution in [0.5, 0.6) is 0 Å². The summed E-state index contributed by atoms with van der Waals surface area (Å²) in [5, 5.41) is 0. The Balaban J connectivity index is 2.46. The summed E-state index contributed by atoms with van der Waals surface area (Å²) in [6, 6.07) is 5.14. The van der Waals surface area contributed by atoms with Gasteiger partial charge in [-0.3, -0.25) is 10.9 Å². The van der Waals surface area contributed by atoms with E-state index in [2.05, 4.69) is 10.9 Å². The molecule has 5 heteroatoms. The van der Waals surface area contributed by atoms with Crippen LogP contribution < -0.4 is 10.9 Å². The van der Waals surface area contributed by atoms with Crippen LogP contribution in [-0.2, 0) is 12.7 Å². The summed E-state index contributed by atoms with van der Waals surface area (Å²) in [6.45, 7) is 3.38. The van der Waals surface area contributed by atoms with Gasteiger partial charge in [0, 0.05) is 13.1 Å². The maximum Gasteiger partial charge on any atom is 0.416 e. The summed E-state index contributed by atoms with van der Waals surface area (Å²) < 4.78 is 36.7. The average Bonchev–Trinajstić information content (AvgIpc) is 2.24. The Labute approximate surface area is 92.8 Å². The molecule has 1 aromatic carbocycles. The van der Waals surface area contributed by atoms with E-state index in [1.165, 1.54) is 12.1 Å². The van der Waals surface area contributed by atoms with Crippen molar-refractivity contribution in [3.63, 3.8) is 0 Å². The molecule has 0 aliphatic rings. The topological polar surface area (TPSA) is 24.1 Å². The van der Waals surface area contributed by atoms with Crippen LogP contribution in [0.1, 0.15) is 24.5 Å². The van der Waals surface area contributed by atoms with Crippen molar-refractivity contribution in [2.75, 3.05) is 6.54 Å². The molecule has 0 bridgehead atoms. The number of hydrogen-bond acceptors (Lipinski definition) is 2. The molecule has 2 nitrogen and oxygen atoms in total. The van der Waals surface area contributed by atoms with Gasteiger partial charge in [-0.2, -0.15) is 13.2 Å². The van der Waals surface area contributed by atoms with Gasteiger partial charge >= 0.3 is 6.18 Å². The Kier molecular flexibility index (Phi) is 4.76. The highest BCUT2D eigenvalue weighted by atomic mass is 19.4. The van der Waals surface area contributed by atoms with E-state index in [0.29, 0.717) is 6.54 Å². The number of hydrogen-bond donors (Lipinski definition) is 2. The molecule has 0 aliphatic heterocycles. The molecule has 16 heavy (non-hydrogen) atoms. The predicted octanol–water partition coefficient (Wildman–Crippen LogP) is 2.71. The average molecular weight is 232 g/mol. The van der Waals surface area contributed by atoms with E-state index < -0.39 is 11.7 Å². The molecule has 0 aromatic heterocycles. The van der Waals surface area contributed by atoms with Crippen LogP contribution >= 0.6 is 0 Å². The Morgan fingerprint density at radius 3 is 2.19 bits per heavy atom. The first-order valence-electron chi connectivity index (χ1n) is 5.16. The molecule has 0 radical (unpaired) electrons. The lowest BCUT2D eigenvalue weighted by molar-refractivity contribution is -0.137. The smallest absolute Gasteiger partial charge is 0.258 e. The fraction of sp³-hybridized carbons (Fsp3) is 0.455. The number of alkyl halides is 3.